The molecule has 0 aliphatic rings. The van der Waals surface area contributed by atoms with Gasteiger partial charge in [0, 0.05) is 17.2 Å². The summed E-state index contributed by atoms with van der Waals surface area (Å²) in [5, 5.41) is 11.9. The van der Waals surface area contributed by atoms with Gasteiger partial charge in [0.15, 0.2) is 0 Å². The molecular weight excluding hydrogens is 328 g/mol. The summed E-state index contributed by atoms with van der Waals surface area (Å²) in [5.41, 5.74) is 9.73. The van der Waals surface area contributed by atoms with Gasteiger partial charge < -0.3 is 20.9 Å². The molecule has 0 aliphatic heterocycles. The van der Waals surface area contributed by atoms with E-state index in [0.717, 1.165) is 16.8 Å². The molecule has 0 spiro atoms. The number of aryl methyl sites for hydroxylation is 2. The molecule has 24 heavy (non-hydrogen) atoms. The van der Waals surface area contributed by atoms with Gasteiger partial charge in [-0.1, -0.05) is 6.07 Å². The van der Waals surface area contributed by atoms with E-state index in [0.29, 0.717) is 11.5 Å². The lowest BCUT2D eigenvalue weighted by atomic mass is 10.0. The van der Waals surface area contributed by atoms with Crippen molar-refractivity contribution in [3.05, 3.63) is 28.8 Å². The average Bonchev–Trinajstić information content (AvgIpc) is 2.51. The second kappa shape index (κ2) is 9.54. The van der Waals surface area contributed by atoms with Gasteiger partial charge in [-0.05, 0) is 50.5 Å². The van der Waals surface area contributed by atoms with Crippen molar-refractivity contribution in [3.8, 4) is 0 Å². The van der Waals surface area contributed by atoms with E-state index in [9.17, 15) is 9.59 Å². The third-order valence-electron chi connectivity index (χ3n) is 3.62. The highest BCUT2D eigenvalue weighted by molar-refractivity contribution is 7.99. The van der Waals surface area contributed by atoms with Gasteiger partial charge in [-0.25, -0.2) is 4.79 Å². The summed E-state index contributed by atoms with van der Waals surface area (Å²) in [6.45, 7) is 8.05. The lowest BCUT2D eigenvalue weighted by molar-refractivity contribution is -0.143. The summed E-state index contributed by atoms with van der Waals surface area (Å²) in [7, 11) is 0. The van der Waals surface area contributed by atoms with Crippen LogP contribution in [0.2, 0.25) is 0 Å². The molecule has 0 radical (unpaired) electrons. The molecule has 0 aliphatic carbocycles. The van der Waals surface area contributed by atoms with Crippen molar-refractivity contribution < 1.29 is 19.4 Å². The fraction of sp³-hybridized carbons (Fsp3) is 0.529. The highest BCUT2D eigenvalue weighted by Crippen LogP contribution is 2.21. The maximum absolute atomic E-state index is 12.0. The van der Waals surface area contributed by atoms with E-state index in [-0.39, 0.29) is 12.6 Å². The Balaban J connectivity index is 2.39. The minimum Gasteiger partial charge on any atom is -0.480 e. The minimum absolute atomic E-state index is 0.230. The van der Waals surface area contributed by atoms with E-state index >= 15 is 0 Å². The number of thioether (sulfide) groups is 1. The SMILES string of the molecule is Cc1cc(C)c(C)c(N[C@@H](C)C(=O)OCCSCC(N)C(=O)O)c1. The fourth-order valence-corrected chi connectivity index (χ4v) is 2.85. The van der Waals surface area contributed by atoms with E-state index in [1.54, 1.807) is 6.92 Å². The first-order chi connectivity index (χ1) is 11.2. The Morgan fingerprint density at radius 1 is 1.33 bits per heavy atom. The molecule has 4 N–H and O–H groups in total. The molecule has 1 rings (SSSR count). The van der Waals surface area contributed by atoms with Gasteiger partial charge in [0.2, 0.25) is 0 Å². The smallest absolute Gasteiger partial charge is 0.328 e. The number of rotatable bonds is 9. The zero-order chi connectivity index (χ0) is 18.3. The van der Waals surface area contributed by atoms with E-state index in [4.69, 9.17) is 15.6 Å². The molecule has 134 valence electrons. The topological polar surface area (TPSA) is 102 Å². The minimum atomic E-state index is -1.03. The van der Waals surface area contributed by atoms with Crippen LogP contribution in [0.3, 0.4) is 0 Å². The maximum Gasteiger partial charge on any atom is 0.328 e. The van der Waals surface area contributed by atoms with Crippen LogP contribution in [-0.2, 0) is 14.3 Å². The molecule has 0 heterocycles. The van der Waals surface area contributed by atoms with Crippen molar-refractivity contribution in [2.45, 2.75) is 39.8 Å². The highest BCUT2D eigenvalue weighted by atomic mass is 32.2. The Morgan fingerprint density at radius 3 is 2.62 bits per heavy atom. The third-order valence-corrected chi connectivity index (χ3v) is 4.67. The van der Waals surface area contributed by atoms with E-state index in [2.05, 4.69) is 11.4 Å². The number of carboxylic acids is 1. The quantitative estimate of drug-likeness (QED) is 0.461. The number of esters is 1. The van der Waals surface area contributed by atoms with Crippen LogP contribution in [0.5, 0.6) is 0 Å². The average molecular weight is 354 g/mol. The number of carbonyl (C=O) groups excluding carboxylic acids is 1. The second-order valence-electron chi connectivity index (χ2n) is 5.81. The number of hydrogen-bond donors (Lipinski definition) is 3. The van der Waals surface area contributed by atoms with E-state index in [1.165, 1.54) is 17.3 Å². The lowest BCUT2D eigenvalue weighted by Crippen LogP contribution is -2.33. The summed E-state index contributed by atoms with van der Waals surface area (Å²) < 4.78 is 5.21. The first kappa shape index (κ1) is 20.3. The normalized spacial score (nSPS) is 13.2. The number of benzene rings is 1. The number of ether oxygens (including phenoxy) is 1. The Hall–Kier alpha value is -1.73. The van der Waals surface area contributed by atoms with Crippen molar-refractivity contribution in [3.63, 3.8) is 0 Å². The molecule has 0 aromatic heterocycles. The number of hydrogen-bond acceptors (Lipinski definition) is 6. The van der Waals surface area contributed by atoms with Gasteiger partial charge in [-0.15, -0.1) is 0 Å². The van der Waals surface area contributed by atoms with Crippen LogP contribution in [0.25, 0.3) is 0 Å². The summed E-state index contributed by atoms with van der Waals surface area (Å²) in [5.74, 6) is -0.553. The number of carboxylic acid groups (broad SMARTS) is 1. The Bertz CT molecular complexity index is 592. The molecule has 1 aromatic carbocycles. The second-order valence-corrected chi connectivity index (χ2v) is 6.96. The van der Waals surface area contributed by atoms with Crippen LogP contribution in [0.1, 0.15) is 23.6 Å². The first-order valence-electron chi connectivity index (χ1n) is 7.79. The molecule has 1 unspecified atom stereocenters. The molecule has 1 aromatic rings. The predicted molar refractivity (Wildman–Crippen MR) is 97.6 cm³/mol. The van der Waals surface area contributed by atoms with Crippen molar-refractivity contribution in [1.29, 1.82) is 0 Å². The monoisotopic (exact) mass is 354 g/mol. The molecule has 0 bridgehead atoms. The third kappa shape index (κ3) is 6.41. The zero-order valence-corrected chi connectivity index (χ0v) is 15.4. The number of nitrogens with one attached hydrogen (secondary N) is 1. The predicted octanol–water partition coefficient (Wildman–Crippen LogP) is 2.10. The van der Waals surface area contributed by atoms with Crippen molar-refractivity contribution >= 4 is 29.4 Å². The van der Waals surface area contributed by atoms with Gasteiger partial charge in [-0.3, -0.25) is 4.79 Å². The molecular formula is C17H26N2O4S. The standard InChI is InChI=1S/C17H26N2O4S/c1-10-7-11(2)12(3)15(8-10)19-13(4)17(22)23-5-6-24-9-14(18)16(20)21/h7-8,13-14,19H,5-6,9,18H2,1-4H3,(H,20,21)/t13-,14?/m0/s1. The Kier molecular flexibility index (Phi) is 8.07. The number of carbonyl (C=O) groups is 2. The van der Waals surface area contributed by atoms with Crippen LogP contribution in [0, 0.1) is 20.8 Å². The first-order valence-corrected chi connectivity index (χ1v) is 8.95. The molecule has 2 atom stereocenters. The van der Waals surface area contributed by atoms with E-state index in [1.807, 2.05) is 26.8 Å². The fourth-order valence-electron chi connectivity index (χ4n) is 2.09. The van der Waals surface area contributed by atoms with Gasteiger partial charge >= 0.3 is 11.9 Å². The molecule has 0 fully saturated rings. The summed E-state index contributed by atoms with van der Waals surface area (Å²) in [6.07, 6.45) is 0. The number of aliphatic carboxylic acids is 1. The summed E-state index contributed by atoms with van der Waals surface area (Å²) >= 11 is 1.35. The molecule has 0 saturated heterocycles. The van der Waals surface area contributed by atoms with Crippen molar-refractivity contribution in [2.75, 3.05) is 23.4 Å². The van der Waals surface area contributed by atoms with E-state index < -0.39 is 18.1 Å². The Morgan fingerprint density at radius 2 is 2.00 bits per heavy atom. The molecule has 0 amide bonds. The largest absolute Gasteiger partial charge is 0.480 e. The molecule has 7 heteroatoms. The van der Waals surface area contributed by atoms with Crippen molar-refractivity contribution in [1.82, 2.24) is 0 Å². The number of anilines is 1. The molecule has 0 saturated carbocycles. The van der Waals surface area contributed by atoms with Crippen LogP contribution in [0.4, 0.5) is 5.69 Å². The maximum atomic E-state index is 12.0. The van der Waals surface area contributed by atoms with Crippen LogP contribution in [0.15, 0.2) is 12.1 Å². The lowest BCUT2D eigenvalue weighted by Gasteiger charge is -2.18. The number of nitrogens with two attached hydrogens (primary N) is 1. The van der Waals surface area contributed by atoms with Crippen LogP contribution >= 0.6 is 11.8 Å². The Labute approximate surface area is 147 Å². The summed E-state index contributed by atoms with van der Waals surface area (Å²) in [4.78, 5) is 22.6. The van der Waals surface area contributed by atoms with Crippen molar-refractivity contribution in [2.24, 2.45) is 5.73 Å². The van der Waals surface area contributed by atoms with Gasteiger partial charge in [0.05, 0.1) is 0 Å². The molecule has 6 nitrogen and oxygen atoms in total. The van der Waals surface area contributed by atoms with Gasteiger partial charge in [0.1, 0.15) is 18.7 Å². The van der Waals surface area contributed by atoms with Crippen LogP contribution < -0.4 is 11.1 Å². The highest BCUT2D eigenvalue weighted by Gasteiger charge is 2.16. The van der Waals surface area contributed by atoms with Gasteiger partial charge in [-0.2, -0.15) is 11.8 Å². The zero-order valence-electron chi connectivity index (χ0n) is 14.6. The van der Waals surface area contributed by atoms with Crippen LogP contribution in [-0.4, -0.2) is 47.2 Å². The summed E-state index contributed by atoms with van der Waals surface area (Å²) in [6, 6.07) is 2.76. The van der Waals surface area contributed by atoms with Gasteiger partial charge in [0.25, 0.3) is 0 Å².